The number of fused-ring (bicyclic) bond motifs is 3. The molecule has 0 spiro atoms. The van der Waals surface area contributed by atoms with E-state index in [-0.39, 0.29) is 6.98 Å². The van der Waals surface area contributed by atoms with Gasteiger partial charge in [-0.25, -0.2) is 4.98 Å². The fourth-order valence-corrected chi connectivity index (χ4v) is 4.78. The van der Waals surface area contributed by atoms with Gasteiger partial charge in [0.1, 0.15) is 5.82 Å². The first-order valence-corrected chi connectivity index (χ1v) is 10.3. The van der Waals surface area contributed by atoms with Gasteiger partial charge in [-0.05, 0) is 66.5 Å². The van der Waals surface area contributed by atoms with Gasteiger partial charge in [-0.15, -0.1) is 0 Å². The average molecular weight is 371 g/mol. The van der Waals surface area contributed by atoms with Crippen molar-refractivity contribution in [1.82, 2.24) is 9.46 Å². The maximum Gasteiger partial charge on any atom is 0.417 e. The molecule has 2 aromatic carbocycles. The van der Waals surface area contributed by atoms with Gasteiger partial charge in [-0.3, -0.25) is 0 Å². The SMILES string of the molecule is Cc1cc(C)c2c(c1)N(C)B(c1c(C(C)C)cccc1C(C)C)n1ccnc1-2. The van der Waals surface area contributed by atoms with Gasteiger partial charge in [0.15, 0.2) is 0 Å². The molecule has 0 saturated heterocycles. The molecule has 0 radical (unpaired) electrons. The van der Waals surface area contributed by atoms with Crippen LogP contribution in [0.4, 0.5) is 5.69 Å². The van der Waals surface area contributed by atoms with Crippen molar-refractivity contribution in [3.63, 3.8) is 0 Å². The summed E-state index contributed by atoms with van der Waals surface area (Å²) in [7, 11) is 2.23. The molecule has 4 rings (SSSR count). The lowest BCUT2D eigenvalue weighted by molar-refractivity contribution is 0.842. The van der Waals surface area contributed by atoms with Gasteiger partial charge >= 0.3 is 6.98 Å². The predicted molar refractivity (Wildman–Crippen MR) is 121 cm³/mol. The van der Waals surface area contributed by atoms with Crippen LogP contribution in [0.25, 0.3) is 11.4 Å². The Balaban J connectivity index is 2.04. The van der Waals surface area contributed by atoms with E-state index in [1.165, 1.54) is 39.0 Å². The molecule has 1 aliphatic heterocycles. The Morgan fingerprint density at radius 2 is 1.61 bits per heavy atom. The van der Waals surface area contributed by atoms with E-state index in [0.717, 1.165) is 5.82 Å². The monoisotopic (exact) mass is 371 g/mol. The van der Waals surface area contributed by atoms with Crippen LogP contribution in [0.1, 0.15) is 61.8 Å². The smallest absolute Gasteiger partial charge is 0.394 e. The molecule has 0 unspecified atom stereocenters. The fourth-order valence-electron chi connectivity index (χ4n) is 4.78. The fraction of sp³-hybridized carbons (Fsp3) is 0.375. The van der Waals surface area contributed by atoms with Gasteiger partial charge in [-0.1, -0.05) is 52.0 Å². The van der Waals surface area contributed by atoms with Crippen LogP contribution in [-0.4, -0.2) is 23.5 Å². The van der Waals surface area contributed by atoms with E-state index in [0.29, 0.717) is 11.8 Å². The molecule has 0 saturated carbocycles. The van der Waals surface area contributed by atoms with E-state index in [9.17, 15) is 0 Å². The van der Waals surface area contributed by atoms with E-state index in [1.807, 2.05) is 6.20 Å². The Morgan fingerprint density at radius 1 is 0.964 bits per heavy atom. The summed E-state index contributed by atoms with van der Waals surface area (Å²) in [4.78, 5) is 7.23. The van der Waals surface area contributed by atoms with Crippen molar-refractivity contribution >= 4 is 18.1 Å². The van der Waals surface area contributed by atoms with Crippen molar-refractivity contribution in [1.29, 1.82) is 0 Å². The number of benzene rings is 2. The molecule has 4 heteroatoms. The Morgan fingerprint density at radius 3 is 2.21 bits per heavy atom. The average Bonchev–Trinajstić information content (AvgIpc) is 3.10. The van der Waals surface area contributed by atoms with Gasteiger partial charge in [0.05, 0.1) is 0 Å². The summed E-state index contributed by atoms with van der Waals surface area (Å²) in [5, 5.41) is 0. The van der Waals surface area contributed by atoms with Crippen LogP contribution in [0, 0.1) is 13.8 Å². The number of hydrogen-bond acceptors (Lipinski definition) is 2. The molecule has 0 aliphatic carbocycles. The number of rotatable bonds is 3. The summed E-state index contributed by atoms with van der Waals surface area (Å²) in [6.45, 7) is 13.7. The minimum Gasteiger partial charge on any atom is -0.394 e. The van der Waals surface area contributed by atoms with E-state index in [1.54, 1.807) is 0 Å². The van der Waals surface area contributed by atoms with Gasteiger partial charge < -0.3 is 9.29 Å². The van der Waals surface area contributed by atoms with Crippen molar-refractivity contribution in [2.75, 3.05) is 11.9 Å². The third-order valence-electron chi connectivity index (χ3n) is 6.04. The first-order chi connectivity index (χ1) is 13.3. The second-order valence-electron chi connectivity index (χ2n) is 8.78. The summed E-state index contributed by atoms with van der Waals surface area (Å²) in [6.07, 6.45) is 4.08. The number of hydrogen-bond donors (Lipinski definition) is 0. The van der Waals surface area contributed by atoms with Gasteiger partial charge in [0.2, 0.25) is 0 Å². The topological polar surface area (TPSA) is 21.1 Å². The molecular formula is C24H30BN3. The molecule has 0 atom stereocenters. The van der Waals surface area contributed by atoms with Crippen LogP contribution in [0.15, 0.2) is 42.7 Å². The zero-order valence-corrected chi connectivity index (χ0v) is 18.1. The number of nitrogens with zero attached hydrogens (tertiary/aromatic N) is 3. The van der Waals surface area contributed by atoms with Crippen LogP contribution in [0.3, 0.4) is 0 Å². The Bertz CT molecular complexity index is 1010. The Kier molecular flexibility index (Phi) is 4.61. The summed E-state index contributed by atoms with van der Waals surface area (Å²) in [5.41, 5.74) is 9.39. The number of aryl methyl sites for hydroxylation is 2. The molecule has 3 nitrogen and oxygen atoms in total. The normalized spacial score (nSPS) is 13.3. The Labute approximate surface area is 169 Å². The van der Waals surface area contributed by atoms with Crippen LogP contribution < -0.4 is 10.3 Å². The van der Waals surface area contributed by atoms with Crippen LogP contribution in [0.5, 0.6) is 0 Å². The number of imidazole rings is 1. The lowest BCUT2D eigenvalue weighted by atomic mass is 9.58. The van der Waals surface area contributed by atoms with E-state index in [4.69, 9.17) is 4.98 Å². The second-order valence-corrected chi connectivity index (χ2v) is 8.78. The predicted octanol–water partition coefficient (Wildman–Crippen LogP) is 5.11. The molecule has 0 bridgehead atoms. The zero-order valence-electron chi connectivity index (χ0n) is 18.1. The van der Waals surface area contributed by atoms with Crippen LogP contribution in [-0.2, 0) is 0 Å². The van der Waals surface area contributed by atoms with E-state index >= 15 is 0 Å². The first-order valence-electron chi connectivity index (χ1n) is 10.3. The molecule has 28 heavy (non-hydrogen) atoms. The van der Waals surface area contributed by atoms with Crippen LogP contribution in [0.2, 0.25) is 0 Å². The zero-order chi connectivity index (χ0) is 20.2. The molecule has 144 valence electrons. The molecule has 1 aromatic heterocycles. The molecule has 3 aromatic rings. The summed E-state index contributed by atoms with van der Waals surface area (Å²) >= 11 is 0. The molecule has 1 aliphatic rings. The van der Waals surface area contributed by atoms with Crippen molar-refractivity contribution in [2.24, 2.45) is 0 Å². The lowest BCUT2D eigenvalue weighted by Crippen LogP contribution is -2.56. The van der Waals surface area contributed by atoms with Crippen molar-refractivity contribution in [3.8, 4) is 11.4 Å². The summed E-state index contributed by atoms with van der Waals surface area (Å²) in [6, 6.07) is 11.4. The highest BCUT2D eigenvalue weighted by Gasteiger charge is 2.39. The quantitative estimate of drug-likeness (QED) is 0.597. The van der Waals surface area contributed by atoms with E-state index < -0.39 is 0 Å². The van der Waals surface area contributed by atoms with Crippen molar-refractivity contribution < 1.29 is 0 Å². The van der Waals surface area contributed by atoms with Gasteiger partial charge in [0.25, 0.3) is 0 Å². The third-order valence-corrected chi connectivity index (χ3v) is 6.04. The maximum absolute atomic E-state index is 4.78. The largest absolute Gasteiger partial charge is 0.417 e. The van der Waals surface area contributed by atoms with Crippen molar-refractivity contribution in [3.05, 3.63) is 65.0 Å². The number of aromatic nitrogens is 2. The highest BCUT2D eigenvalue weighted by atomic mass is 15.2. The Hall–Kier alpha value is -2.49. The standard InChI is InChI=1S/C24H30BN3/c1-15(2)19-9-8-10-20(16(3)4)23(19)25-27(7)21-14-17(5)13-18(6)22(21)24-26-11-12-28(24)25/h8-16H,1-7H3. The summed E-state index contributed by atoms with van der Waals surface area (Å²) < 4.78 is 2.36. The van der Waals surface area contributed by atoms with E-state index in [2.05, 4.69) is 94.4 Å². The molecule has 0 fully saturated rings. The minimum absolute atomic E-state index is 0.113. The lowest BCUT2D eigenvalue weighted by Gasteiger charge is -2.38. The third kappa shape index (κ3) is 2.78. The first kappa shape index (κ1) is 18.9. The van der Waals surface area contributed by atoms with Crippen LogP contribution >= 0.6 is 0 Å². The second kappa shape index (κ2) is 6.84. The van der Waals surface area contributed by atoms with Gasteiger partial charge in [-0.2, -0.15) is 0 Å². The molecule has 0 amide bonds. The van der Waals surface area contributed by atoms with Crippen molar-refractivity contribution in [2.45, 2.75) is 53.4 Å². The minimum atomic E-state index is 0.113. The van der Waals surface area contributed by atoms with Gasteiger partial charge in [0, 0.05) is 23.6 Å². The summed E-state index contributed by atoms with van der Waals surface area (Å²) in [5.74, 6) is 2.01. The maximum atomic E-state index is 4.78. The number of anilines is 1. The molecule has 2 heterocycles. The highest BCUT2D eigenvalue weighted by molar-refractivity contribution is 6.77. The highest BCUT2D eigenvalue weighted by Crippen LogP contribution is 2.38. The molecule has 0 N–H and O–H groups in total. The molecular weight excluding hydrogens is 341 g/mol.